The fraction of sp³-hybridized carbons (Fsp3) is 0.273. The van der Waals surface area contributed by atoms with Crippen molar-refractivity contribution in [2.75, 3.05) is 18.5 Å². The number of aromatic nitrogens is 2. The molecule has 2 heterocycles. The molecule has 2 aromatic carbocycles. The van der Waals surface area contributed by atoms with Gasteiger partial charge in [-0.3, -0.25) is 4.79 Å². The minimum Gasteiger partial charge on any atom is -0.490 e. The van der Waals surface area contributed by atoms with Crippen molar-refractivity contribution in [3.63, 3.8) is 0 Å². The number of para-hydroxylation sites is 1. The minimum atomic E-state index is -0.256. The number of nitrogens with zero attached hydrogens (tertiary/aromatic N) is 2. The van der Waals surface area contributed by atoms with Gasteiger partial charge in [-0.1, -0.05) is 41.9 Å². The number of hydrogen-bond donors (Lipinski definition) is 1. The lowest BCUT2D eigenvalue weighted by molar-refractivity contribution is 0.0673. The van der Waals surface area contributed by atoms with Crippen LogP contribution in [0.25, 0.3) is 0 Å². The van der Waals surface area contributed by atoms with Gasteiger partial charge in [0, 0.05) is 17.7 Å². The van der Waals surface area contributed by atoms with Crippen LogP contribution in [0.4, 0.5) is 5.82 Å². The Morgan fingerprint density at radius 3 is 2.86 bits per heavy atom. The number of nitrogens with one attached hydrogen (secondary N) is 1. The van der Waals surface area contributed by atoms with Crippen molar-refractivity contribution in [1.29, 1.82) is 0 Å². The van der Waals surface area contributed by atoms with Crippen molar-refractivity contribution in [1.82, 2.24) is 9.78 Å². The Bertz CT molecular complexity index is 983. The lowest BCUT2D eigenvalue weighted by Gasteiger charge is -2.15. The topological polar surface area (TPSA) is 65.4 Å². The van der Waals surface area contributed by atoms with Crippen LogP contribution >= 0.6 is 11.6 Å². The van der Waals surface area contributed by atoms with Crippen molar-refractivity contribution >= 4 is 23.3 Å². The highest BCUT2D eigenvalue weighted by Crippen LogP contribution is 2.23. The maximum Gasteiger partial charge on any atom is 0.260 e. The molecule has 1 atom stereocenters. The molecular weight excluding hydrogens is 390 g/mol. The second-order valence-electron chi connectivity index (χ2n) is 6.86. The highest BCUT2D eigenvalue weighted by molar-refractivity contribution is 6.31. The molecule has 0 bridgehead atoms. The molecule has 1 unspecified atom stereocenters. The summed E-state index contributed by atoms with van der Waals surface area (Å²) in [4.78, 5) is 12.9. The van der Waals surface area contributed by atoms with Crippen LogP contribution in [0.2, 0.25) is 5.02 Å². The van der Waals surface area contributed by atoms with Crippen molar-refractivity contribution in [2.45, 2.75) is 25.5 Å². The summed E-state index contributed by atoms with van der Waals surface area (Å²) >= 11 is 6.25. The molecule has 1 aliphatic heterocycles. The van der Waals surface area contributed by atoms with Crippen LogP contribution in [0.1, 0.15) is 28.8 Å². The van der Waals surface area contributed by atoms with E-state index in [0.29, 0.717) is 35.3 Å². The molecule has 0 spiro atoms. The van der Waals surface area contributed by atoms with Crippen LogP contribution in [0.15, 0.2) is 60.8 Å². The number of amides is 1. The van der Waals surface area contributed by atoms with E-state index in [2.05, 4.69) is 10.4 Å². The third-order valence-electron chi connectivity index (χ3n) is 4.82. The van der Waals surface area contributed by atoms with Crippen LogP contribution in [0.5, 0.6) is 5.75 Å². The molecule has 7 heteroatoms. The van der Waals surface area contributed by atoms with E-state index in [1.54, 1.807) is 29.1 Å². The number of benzene rings is 2. The first kappa shape index (κ1) is 19.5. The number of anilines is 1. The summed E-state index contributed by atoms with van der Waals surface area (Å²) in [6.07, 6.45) is 3.76. The van der Waals surface area contributed by atoms with Gasteiger partial charge in [0.05, 0.1) is 24.4 Å². The van der Waals surface area contributed by atoms with Gasteiger partial charge in [-0.05, 0) is 36.6 Å². The van der Waals surface area contributed by atoms with Gasteiger partial charge in [-0.25, -0.2) is 4.68 Å². The summed E-state index contributed by atoms with van der Waals surface area (Å²) < 4.78 is 13.2. The molecule has 150 valence electrons. The molecule has 1 saturated heterocycles. The summed E-state index contributed by atoms with van der Waals surface area (Å²) in [6.45, 7) is 1.67. The average Bonchev–Trinajstić information content (AvgIpc) is 3.41. The van der Waals surface area contributed by atoms with Crippen molar-refractivity contribution in [3.8, 4) is 5.75 Å². The highest BCUT2D eigenvalue weighted by Gasteiger charge is 2.19. The molecule has 1 fully saturated rings. The quantitative estimate of drug-likeness (QED) is 0.626. The van der Waals surface area contributed by atoms with Crippen LogP contribution in [-0.2, 0) is 11.3 Å². The van der Waals surface area contributed by atoms with Gasteiger partial charge in [-0.15, -0.1) is 0 Å². The molecule has 1 aliphatic rings. The Morgan fingerprint density at radius 1 is 1.21 bits per heavy atom. The van der Waals surface area contributed by atoms with E-state index in [9.17, 15) is 4.79 Å². The zero-order chi connectivity index (χ0) is 20.1. The zero-order valence-corrected chi connectivity index (χ0v) is 16.6. The Hall–Kier alpha value is -2.83. The number of rotatable bonds is 7. The van der Waals surface area contributed by atoms with Gasteiger partial charge < -0.3 is 14.8 Å². The monoisotopic (exact) mass is 411 g/mol. The van der Waals surface area contributed by atoms with Gasteiger partial charge >= 0.3 is 0 Å². The fourth-order valence-corrected chi connectivity index (χ4v) is 3.47. The van der Waals surface area contributed by atoms with E-state index in [-0.39, 0.29) is 12.0 Å². The van der Waals surface area contributed by atoms with E-state index in [1.165, 1.54) is 0 Å². The summed E-state index contributed by atoms with van der Waals surface area (Å²) in [5.74, 6) is 0.871. The number of carbonyl (C=O) groups is 1. The predicted octanol–water partition coefficient (Wildman–Crippen LogP) is 4.39. The maximum absolute atomic E-state index is 12.9. The largest absolute Gasteiger partial charge is 0.490 e. The Labute approximate surface area is 174 Å². The lowest BCUT2D eigenvalue weighted by atomic mass is 10.2. The van der Waals surface area contributed by atoms with Crippen LogP contribution in [0, 0.1) is 0 Å². The first-order chi connectivity index (χ1) is 14.2. The number of ether oxygens (including phenoxy) is 2. The maximum atomic E-state index is 12.9. The summed E-state index contributed by atoms with van der Waals surface area (Å²) in [5.41, 5.74) is 1.39. The third kappa shape index (κ3) is 4.78. The van der Waals surface area contributed by atoms with E-state index < -0.39 is 0 Å². The van der Waals surface area contributed by atoms with Crippen LogP contribution < -0.4 is 10.1 Å². The molecule has 0 aliphatic carbocycles. The van der Waals surface area contributed by atoms with E-state index >= 15 is 0 Å². The normalized spacial score (nSPS) is 16.0. The molecule has 0 saturated carbocycles. The van der Waals surface area contributed by atoms with Crippen molar-refractivity contribution in [2.24, 2.45) is 0 Å². The second kappa shape index (κ2) is 9.11. The predicted molar refractivity (Wildman–Crippen MR) is 112 cm³/mol. The van der Waals surface area contributed by atoms with Crippen molar-refractivity contribution in [3.05, 3.63) is 76.9 Å². The molecule has 29 heavy (non-hydrogen) atoms. The zero-order valence-electron chi connectivity index (χ0n) is 15.9. The first-order valence-corrected chi connectivity index (χ1v) is 9.98. The van der Waals surface area contributed by atoms with Gasteiger partial charge in [0.15, 0.2) is 0 Å². The summed E-state index contributed by atoms with van der Waals surface area (Å²) in [7, 11) is 0. The van der Waals surface area contributed by atoms with Crippen molar-refractivity contribution < 1.29 is 14.3 Å². The van der Waals surface area contributed by atoms with E-state index in [4.69, 9.17) is 21.1 Å². The van der Waals surface area contributed by atoms with E-state index in [0.717, 1.165) is 25.0 Å². The molecule has 4 rings (SSSR count). The molecular formula is C22H22ClN3O3. The summed E-state index contributed by atoms with van der Waals surface area (Å²) in [5, 5.41) is 7.89. The summed E-state index contributed by atoms with van der Waals surface area (Å²) in [6, 6.07) is 16.5. The molecule has 0 radical (unpaired) electrons. The Kier molecular flexibility index (Phi) is 6.12. The molecule has 3 aromatic rings. The number of carbonyl (C=O) groups excluding carboxylic acids is 1. The second-order valence-corrected chi connectivity index (χ2v) is 7.27. The smallest absolute Gasteiger partial charge is 0.260 e. The Morgan fingerprint density at radius 2 is 2.03 bits per heavy atom. The molecule has 1 aromatic heterocycles. The molecule has 6 nitrogen and oxygen atoms in total. The molecule has 1 amide bonds. The lowest BCUT2D eigenvalue weighted by Crippen LogP contribution is -2.20. The van der Waals surface area contributed by atoms with Gasteiger partial charge in [0.1, 0.15) is 18.2 Å². The third-order valence-corrected chi connectivity index (χ3v) is 5.19. The van der Waals surface area contributed by atoms with E-state index in [1.807, 2.05) is 36.4 Å². The van der Waals surface area contributed by atoms with Crippen LogP contribution in [-0.4, -0.2) is 35.0 Å². The van der Waals surface area contributed by atoms with Gasteiger partial charge in [-0.2, -0.15) is 5.10 Å². The fourth-order valence-electron chi connectivity index (χ4n) is 3.28. The minimum absolute atomic E-state index is 0.0863. The highest BCUT2D eigenvalue weighted by atomic mass is 35.5. The number of halogens is 1. The van der Waals surface area contributed by atoms with Gasteiger partial charge in [0.2, 0.25) is 0 Å². The van der Waals surface area contributed by atoms with Crippen LogP contribution in [0.3, 0.4) is 0 Å². The first-order valence-electron chi connectivity index (χ1n) is 9.61. The average molecular weight is 412 g/mol. The SMILES string of the molecule is O=C(Nc1ccnn1Cc1ccccc1Cl)c1ccccc1OCC1CCCO1. The standard InChI is InChI=1S/C22H22ClN3O3/c23-19-9-3-1-6-16(19)14-26-21(11-12-24-26)25-22(27)18-8-2-4-10-20(18)29-15-17-7-5-13-28-17/h1-4,6,8-12,17H,5,7,13-15H2,(H,25,27). The van der Waals surface area contributed by atoms with Gasteiger partial charge in [0.25, 0.3) is 5.91 Å². The molecule has 1 N–H and O–H groups in total. The number of hydrogen-bond acceptors (Lipinski definition) is 4. The Balaban J connectivity index is 1.46.